The molecule has 2 N–H and O–H groups in total. The maximum atomic E-state index is 6.25. The molecule has 1 aromatic carbocycles. The van der Waals surface area contributed by atoms with Crippen molar-refractivity contribution in [1.29, 1.82) is 0 Å². The summed E-state index contributed by atoms with van der Waals surface area (Å²) in [6.07, 6.45) is 3.52. The molecule has 2 aliphatic rings. The predicted octanol–water partition coefficient (Wildman–Crippen LogP) is 2.70. The monoisotopic (exact) mass is 290 g/mol. The van der Waals surface area contributed by atoms with E-state index in [0.29, 0.717) is 4.75 Å². The van der Waals surface area contributed by atoms with Crippen molar-refractivity contribution in [2.24, 2.45) is 5.73 Å². The molecule has 2 nitrogen and oxygen atoms in total. The van der Waals surface area contributed by atoms with Crippen molar-refractivity contribution in [1.82, 2.24) is 4.90 Å². The number of hydrogen-bond acceptors (Lipinski definition) is 3. The molecule has 0 aromatic heterocycles. The Morgan fingerprint density at radius 3 is 2.40 bits per heavy atom. The summed E-state index contributed by atoms with van der Waals surface area (Å²) in [6, 6.07) is 8.88. The van der Waals surface area contributed by atoms with Crippen LogP contribution in [-0.2, 0) is 12.8 Å². The second-order valence-electron chi connectivity index (χ2n) is 6.90. The predicted molar refractivity (Wildman–Crippen MR) is 88.4 cm³/mol. The van der Waals surface area contributed by atoms with E-state index in [2.05, 4.69) is 54.8 Å². The number of benzene rings is 1. The highest BCUT2D eigenvalue weighted by molar-refractivity contribution is 8.00. The van der Waals surface area contributed by atoms with Crippen LogP contribution in [0.3, 0.4) is 0 Å². The van der Waals surface area contributed by atoms with Gasteiger partial charge in [-0.25, -0.2) is 0 Å². The molecule has 110 valence electrons. The smallest absolute Gasteiger partial charge is 0.0412 e. The summed E-state index contributed by atoms with van der Waals surface area (Å²) in [4.78, 5) is 2.69. The lowest BCUT2D eigenvalue weighted by molar-refractivity contribution is 0.108. The molecular weight excluding hydrogens is 264 g/mol. The van der Waals surface area contributed by atoms with Crippen molar-refractivity contribution in [3.05, 3.63) is 35.4 Å². The lowest BCUT2D eigenvalue weighted by Gasteiger charge is -2.40. The molecule has 20 heavy (non-hydrogen) atoms. The van der Waals surface area contributed by atoms with E-state index in [4.69, 9.17) is 5.73 Å². The Bertz CT molecular complexity index is 459. The molecule has 0 amide bonds. The van der Waals surface area contributed by atoms with Gasteiger partial charge >= 0.3 is 0 Å². The van der Waals surface area contributed by atoms with E-state index >= 15 is 0 Å². The second-order valence-corrected chi connectivity index (χ2v) is 8.70. The van der Waals surface area contributed by atoms with Gasteiger partial charge < -0.3 is 5.73 Å². The summed E-state index contributed by atoms with van der Waals surface area (Å²) in [5.41, 5.74) is 9.44. The number of hydrogen-bond donors (Lipinski definition) is 1. The Balaban J connectivity index is 1.81. The van der Waals surface area contributed by atoms with Crippen molar-refractivity contribution in [2.45, 2.75) is 43.4 Å². The van der Waals surface area contributed by atoms with Crippen LogP contribution in [0.15, 0.2) is 24.3 Å². The SMILES string of the molecule is CC1(C)CCN(C2(CN)Cc3ccccc3C2)CCS1. The van der Waals surface area contributed by atoms with E-state index in [0.717, 1.165) is 19.4 Å². The molecule has 0 unspecified atom stereocenters. The molecule has 1 aliphatic heterocycles. The maximum absolute atomic E-state index is 6.25. The Labute approximate surface area is 127 Å². The topological polar surface area (TPSA) is 29.3 Å². The molecule has 0 atom stereocenters. The molecule has 3 heteroatoms. The minimum Gasteiger partial charge on any atom is -0.329 e. The first-order valence-electron chi connectivity index (χ1n) is 7.71. The summed E-state index contributed by atoms with van der Waals surface area (Å²) in [7, 11) is 0. The number of fused-ring (bicyclic) bond motifs is 1. The molecule has 1 heterocycles. The summed E-state index contributed by atoms with van der Waals surface area (Å²) in [5, 5.41) is 0. The second kappa shape index (κ2) is 5.36. The maximum Gasteiger partial charge on any atom is 0.0412 e. The molecule has 0 bridgehead atoms. The number of thioether (sulfide) groups is 1. The van der Waals surface area contributed by atoms with Crippen molar-refractivity contribution in [3.63, 3.8) is 0 Å². The average molecular weight is 290 g/mol. The standard InChI is InChI=1S/C17H26N2S/c1-16(2)7-8-19(9-10-20-16)17(13-18)11-14-5-3-4-6-15(14)12-17/h3-6H,7-13,18H2,1-2H3. The Morgan fingerprint density at radius 1 is 1.15 bits per heavy atom. The van der Waals surface area contributed by atoms with Gasteiger partial charge in [0.25, 0.3) is 0 Å². The van der Waals surface area contributed by atoms with Crippen molar-refractivity contribution < 1.29 is 0 Å². The lowest BCUT2D eigenvalue weighted by Crippen LogP contribution is -2.55. The van der Waals surface area contributed by atoms with Gasteiger partial charge in [-0.15, -0.1) is 0 Å². The van der Waals surface area contributed by atoms with E-state index < -0.39 is 0 Å². The van der Waals surface area contributed by atoms with Gasteiger partial charge in [-0.05, 0) is 30.4 Å². The zero-order valence-electron chi connectivity index (χ0n) is 12.7. The first-order valence-corrected chi connectivity index (χ1v) is 8.69. The van der Waals surface area contributed by atoms with Crippen LogP contribution < -0.4 is 5.73 Å². The molecule has 0 radical (unpaired) electrons. The van der Waals surface area contributed by atoms with Crippen LogP contribution in [0.2, 0.25) is 0 Å². The molecule has 3 rings (SSSR count). The molecule has 0 saturated carbocycles. The molecule has 1 aliphatic carbocycles. The van der Waals surface area contributed by atoms with Gasteiger partial charge in [0.15, 0.2) is 0 Å². The Hall–Kier alpha value is -0.510. The van der Waals surface area contributed by atoms with Crippen LogP contribution in [0, 0.1) is 0 Å². The third kappa shape index (κ3) is 2.63. The molecule has 1 fully saturated rings. The number of nitrogens with two attached hydrogens (primary N) is 1. The van der Waals surface area contributed by atoms with Crippen molar-refractivity contribution in [3.8, 4) is 0 Å². The van der Waals surface area contributed by atoms with Gasteiger partial charge in [-0.3, -0.25) is 4.90 Å². The van der Waals surface area contributed by atoms with E-state index in [-0.39, 0.29) is 5.54 Å². The summed E-state index contributed by atoms with van der Waals surface area (Å²) < 4.78 is 0.413. The summed E-state index contributed by atoms with van der Waals surface area (Å²) >= 11 is 2.11. The number of nitrogens with zero attached hydrogens (tertiary/aromatic N) is 1. The first kappa shape index (κ1) is 14.4. The van der Waals surface area contributed by atoms with Gasteiger partial charge in [0.1, 0.15) is 0 Å². The van der Waals surface area contributed by atoms with Crippen LogP contribution >= 0.6 is 11.8 Å². The molecule has 1 saturated heterocycles. The van der Waals surface area contributed by atoms with Crippen LogP contribution in [-0.4, -0.2) is 40.6 Å². The fourth-order valence-electron chi connectivity index (χ4n) is 3.67. The van der Waals surface area contributed by atoms with E-state index in [1.807, 2.05) is 0 Å². The fraction of sp³-hybridized carbons (Fsp3) is 0.647. The first-order chi connectivity index (χ1) is 9.55. The highest BCUT2D eigenvalue weighted by Crippen LogP contribution is 2.38. The van der Waals surface area contributed by atoms with E-state index in [1.54, 1.807) is 0 Å². The Kier molecular flexibility index (Phi) is 3.87. The molecule has 1 aromatic rings. The zero-order valence-corrected chi connectivity index (χ0v) is 13.5. The van der Waals surface area contributed by atoms with Crippen LogP contribution in [0.5, 0.6) is 0 Å². The van der Waals surface area contributed by atoms with Gasteiger partial charge in [0, 0.05) is 35.7 Å². The van der Waals surface area contributed by atoms with Gasteiger partial charge in [0.05, 0.1) is 0 Å². The molecular formula is C17H26N2S. The van der Waals surface area contributed by atoms with Crippen LogP contribution in [0.4, 0.5) is 0 Å². The zero-order chi connectivity index (χ0) is 14.2. The van der Waals surface area contributed by atoms with Gasteiger partial charge in [0.2, 0.25) is 0 Å². The largest absolute Gasteiger partial charge is 0.329 e. The van der Waals surface area contributed by atoms with Crippen LogP contribution in [0.1, 0.15) is 31.4 Å². The third-order valence-corrected chi connectivity index (χ3v) is 6.42. The third-order valence-electron chi connectivity index (χ3n) is 5.05. The van der Waals surface area contributed by atoms with Gasteiger partial charge in [-0.1, -0.05) is 38.1 Å². The number of rotatable bonds is 2. The van der Waals surface area contributed by atoms with Gasteiger partial charge in [-0.2, -0.15) is 11.8 Å². The average Bonchev–Trinajstić information content (AvgIpc) is 2.72. The highest BCUT2D eigenvalue weighted by atomic mass is 32.2. The fourth-order valence-corrected chi connectivity index (χ4v) is 4.77. The van der Waals surface area contributed by atoms with E-state index in [9.17, 15) is 0 Å². The summed E-state index contributed by atoms with van der Waals surface area (Å²) in [5.74, 6) is 1.23. The van der Waals surface area contributed by atoms with E-state index in [1.165, 1.54) is 36.4 Å². The van der Waals surface area contributed by atoms with Crippen LogP contribution in [0.25, 0.3) is 0 Å². The lowest BCUT2D eigenvalue weighted by atomic mass is 9.92. The normalized spacial score (nSPS) is 25.1. The summed E-state index contributed by atoms with van der Waals surface area (Å²) in [6.45, 7) is 7.89. The minimum atomic E-state index is 0.171. The van der Waals surface area contributed by atoms with Crippen molar-refractivity contribution in [2.75, 3.05) is 25.4 Å². The molecule has 0 spiro atoms. The quantitative estimate of drug-likeness (QED) is 0.908. The Morgan fingerprint density at radius 2 is 1.80 bits per heavy atom. The van der Waals surface area contributed by atoms with Crippen molar-refractivity contribution >= 4 is 11.8 Å². The minimum absolute atomic E-state index is 0.171. The highest BCUT2D eigenvalue weighted by Gasteiger charge is 2.42.